The number of aromatic nitrogens is 1. The van der Waals surface area contributed by atoms with Crippen LogP contribution in [0.5, 0.6) is 0 Å². The first-order chi connectivity index (χ1) is 10.2. The smallest absolute Gasteiger partial charge is 0.229 e. The average Bonchev–Trinajstić information content (AvgIpc) is 3.11. The molecule has 4 rings (SSSR count). The van der Waals surface area contributed by atoms with Gasteiger partial charge in [0.25, 0.3) is 0 Å². The minimum atomic E-state index is -0.357. The van der Waals surface area contributed by atoms with Gasteiger partial charge in [0, 0.05) is 17.1 Å². The Labute approximate surface area is 122 Å². The van der Waals surface area contributed by atoms with Gasteiger partial charge in [-0.1, -0.05) is 0 Å². The molecule has 5 heteroatoms. The maximum atomic E-state index is 13.2. The van der Waals surface area contributed by atoms with Crippen LogP contribution in [0.4, 0.5) is 4.39 Å². The van der Waals surface area contributed by atoms with Crippen molar-refractivity contribution in [2.75, 3.05) is 0 Å². The fraction of sp³-hybridized carbons (Fsp3) is 0. The highest BCUT2D eigenvalue weighted by molar-refractivity contribution is 7.17. The van der Waals surface area contributed by atoms with E-state index in [0.29, 0.717) is 16.5 Å². The molecule has 21 heavy (non-hydrogen) atoms. The van der Waals surface area contributed by atoms with Crippen molar-refractivity contribution < 1.29 is 13.6 Å². The minimum absolute atomic E-state index is 0.188. The van der Waals surface area contributed by atoms with Gasteiger partial charge in [-0.05, 0) is 41.8 Å². The number of benzene rings is 1. The summed E-state index contributed by atoms with van der Waals surface area (Å²) in [5, 5.41) is 2.50. The highest BCUT2D eigenvalue weighted by Crippen LogP contribution is 2.24. The van der Waals surface area contributed by atoms with Crippen molar-refractivity contribution in [3.8, 4) is 0 Å². The van der Waals surface area contributed by atoms with Gasteiger partial charge in [0.2, 0.25) is 5.78 Å². The van der Waals surface area contributed by atoms with E-state index >= 15 is 0 Å². The fourth-order valence-electron chi connectivity index (χ4n) is 2.24. The van der Waals surface area contributed by atoms with Crippen LogP contribution in [0.2, 0.25) is 0 Å². The maximum Gasteiger partial charge on any atom is 0.229 e. The summed E-state index contributed by atoms with van der Waals surface area (Å²) in [5.74, 6) is -0.424. The highest BCUT2D eigenvalue weighted by atomic mass is 32.1. The number of hydrogen-bond acceptors (Lipinski definition) is 4. The van der Waals surface area contributed by atoms with E-state index in [4.69, 9.17) is 4.42 Å². The first kappa shape index (κ1) is 12.2. The van der Waals surface area contributed by atoms with E-state index in [1.165, 1.54) is 35.7 Å². The normalized spacial score (nSPS) is 11.3. The van der Waals surface area contributed by atoms with Gasteiger partial charge in [0.05, 0.1) is 10.2 Å². The Bertz CT molecular complexity index is 986. The number of hydrogen-bond donors (Lipinski definition) is 0. The summed E-state index contributed by atoms with van der Waals surface area (Å²) in [7, 11) is 0. The predicted octanol–water partition coefficient (Wildman–Crippen LogP) is 4.41. The van der Waals surface area contributed by atoms with E-state index in [-0.39, 0.29) is 17.4 Å². The van der Waals surface area contributed by atoms with Crippen LogP contribution in [-0.4, -0.2) is 10.8 Å². The molecule has 0 fully saturated rings. The molecular formula is C16H8FNO2S. The van der Waals surface area contributed by atoms with E-state index < -0.39 is 0 Å². The largest absolute Gasteiger partial charge is 0.453 e. The number of halogens is 1. The van der Waals surface area contributed by atoms with Gasteiger partial charge in [0.1, 0.15) is 11.4 Å². The van der Waals surface area contributed by atoms with Crippen LogP contribution in [0.1, 0.15) is 16.1 Å². The number of rotatable bonds is 2. The first-order valence-electron chi connectivity index (χ1n) is 6.28. The number of ketones is 1. The summed E-state index contributed by atoms with van der Waals surface area (Å²) in [5.41, 5.74) is 1.82. The lowest BCUT2D eigenvalue weighted by Crippen LogP contribution is -1.99. The van der Waals surface area contributed by atoms with Crippen molar-refractivity contribution in [1.29, 1.82) is 0 Å². The fourth-order valence-corrected chi connectivity index (χ4v) is 3.02. The van der Waals surface area contributed by atoms with Crippen molar-refractivity contribution in [2.24, 2.45) is 0 Å². The van der Waals surface area contributed by atoms with Crippen LogP contribution in [-0.2, 0) is 0 Å². The number of thiophene rings is 1. The lowest BCUT2D eigenvalue weighted by Gasteiger charge is -1.97. The molecule has 0 N–H and O–H groups in total. The Balaban J connectivity index is 1.81. The zero-order valence-corrected chi connectivity index (χ0v) is 11.5. The molecule has 3 aromatic heterocycles. The maximum absolute atomic E-state index is 13.2. The van der Waals surface area contributed by atoms with E-state index in [1.54, 1.807) is 12.1 Å². The van der Waals surface area contributed by atoms with Gasteiger partial charge < -0.3 is 4.42 Å². The van der Waals surface area contributed by atoms with Crippen molar-refractivity contribution in [3.05, 3.63) is 65.1 Å². The molecule has 0 aliphatic rings. The first-order valence-corrected chi connectivity index (χ1v) is 7.16. The molecule has 0 amide bonds. The van der Waals surface area contributed by atoms with Crippen molar-refractivity contribution >= 4 is 38.3 Å². The quantitative estimate of drug-likeness (QED) is 0.515. The van der Waals surface area contributed by atoms with Gasteiger partial charge >= 0.3 is 0 Å². The minimum Gasteiger partial charge on any atom is -0.453 e. The molecule has 0 spiro atoms. The summed E-state index contributed by atoms with van der Waals surface area (Å²) in [6, 6.07) is 9.42. The third-order valence-corrected chi connectivity index (χ3v) is 4.12. The molecule has 0 aliphatic heterocycles. The summed E-state index contributed by atoms with van der Waals surface area (Å²) >= 11 is 1.53. The molecule has 0 aliphatic carbocycles. The Morgan fingerprint density at radius 3 is 3.00 bits per heavy atom. The Morgan fingerprint density at radius 1 is 1.19 bits per heavy atom. The SMILES string of the molecule is O=C(c1cnc2ccsc2c1)c1cc2cc(F)ccc2o1. The number of furan rings is 1. The standard InChI is InChI=1S/C16H8FNO2S/c17-11-1-2-13-9(5-11)6-14(20-13)16(19)10-7-15-12(18-8-10)3-4-21-15/h1-8H. The number of fused-ring (bicyclic) bond motifs is 2. The molecular weight excluding hydrogens is 289 g/mol. The summed E-state index contributed by atoms with van der Waals surface area (Å²) in [4.78, 5) is 16.7. The Kier molecular flexibility index (Phi) is 2.62. The van der Waals surface area contributed by atoms with Crippen LogP contribution >= 0.6 is 11.3 Å². The molecule has 0 atom stereocenters. The number of nitrogens with zero attached hydrogens (tertiary/aromatic N) is 1. The zero-order valence-electron chi connectivity index (χ0n) is 10.7. The van der Waals surface area contributed by atoms with Crippen molar-refractivity contribution in [2.45, 2.75) is 0 Å². The summed E-state index contributed by atoms with van der Waals surface area (Å²) < 4.78 is 19.6. The van der Waals surface area contributed by atoms with Gasteiger partial charge in [-0.2, -0.15) is 0 Å². The molecule has 0 unspecified atom stereocenters. The summed E-state index contributed by atoms with van der Waals surface area (Å²) in [6.45, 7) is 0. The lowest BCUT2D eigenvalue weighted by molar-refractivity contribution is 0.101. The van der Waals surface area contributed by atoms with E-state index in [2.05, 4.69) is 4.98 Å². The number of carbonyl (C=O) groups excluding carboxylic acids is 1. The van der Waals surface area contributed by atoms with Crippen molar-refractivity contribution in [3.63, 3.8) is 0 Å². The molecule has 4 aromatic rings. The lowest BCUT2D eigenvalue weighted by atomic mass is 10.1. The number of pyridine rings is 1. The zero-order chi connectivity index (χ0) is 14.4. The van der Waals surface area contributed by atoms with Gasteiger partial charge in [0.15, 0.2) is 5.76 Å². The van der Waals surface area contributed by atoms with E-state index in [0.717, 1.165) is 10.2 Å². The second kappa shape index (κ2) is 4.49. The number of carbonyl (C=O) groups is 1. The average molecular weight is 297 g/mol. The van der Waals surface area contributed by atoms with Gasteiger partial charge in [-0.15, -0.1) is 11.3 Å². The van der Waals surface area contributed by atoms with Crippen molar-refractivity contribution in [1.82, 2.24) is 4.98 Å². The molecule has 102 valence electrons. The van der Waals surface area contributed by atoms with Gasteiger partial charge in [-0.25, -0.2) is 4.39 Å². The molecule has 0 radical (unpaired) electrons. The third kappa shape index (κ3) is 2.02. The highest BCUT2D eigenvalue weighted by Gasteiger charge is 2.16. The molecule has 0 saturated carbocycles. The van der Waals surface area contributed by atoms with E-state index in [9.17, 15) is 9.18 Å². The van der Waals surface area contributed by atoms with Crippen LogP contribution in [0.15, 0.2) is 52.4 Å². The molecule has 1 aromatic carbocycles. The predicted molar refractivity (Wildman–Crippen MR) is 79.2 cm³/mol. The topological polar surface area (TPSA) is 43.1 Å². The Hall–Kier alpha value is -2.53. The van der Waals surface area contributed by atoms with Crippen LogP contribution < -0.4 is 0 Å². The summed E-state index contributed by atoms with van der Waals surface area (Å²) in [6.07, 6.45) is 1.53. The third-order valence-electron chi connectivity index (χ3n) is 3.27. The van der Waals surface area contributed by atoms with E-state index in [1.807, 2.05) is 11.4 Å². The second-order valence-electron chi connectivity index (χ2n) is 4.65. The monoisotopic (exact) mass is 297 g/mol. The van der Waals surface area contributed by atoms with Gasteiger partial charge in [-0.3, -0.25) is 9.78 Å². The molecule has 0 bridgehead atoms. The molecule has 3 heterocycles. The van der Waals surface area contributed by atoms with Crippen LogP contribution in [0.3, 0.4) is 0 Å². The molecule has 3 nitrogen and oxygen atoms in total. The Morgan fingerprint density at radius 2 is 2.10 bits per heavy atom. The van der Waals surface area contributed by atoms with Crippen LogP contribution in [0.25, 0.3) is 21.2 Å². The second-order valence-corrected chi connectivity index (χ2v) is 5.60. The molecule has 0 saturated heterocycles. The van der Waals surface area contributed by atoms with Crippen LogP contribution in [0, 0.1) is 5.82 Å².